The van der Waals surface area contributed by atoms with E-state index in [9.17, 15) is 9.90 Å². The van der Waals surface area contributed by atoms with Gasteiger partial charge in [0.1, 0.15) is 0 Å². The molecular formula is C10H19N2O2-. The lowest BCUT2D eigenvalue weighted by Gasteiger charge is -2.26. The normalized spacial score (nSPS) is 14.9. The van der Waals surface area contributed by atoms with Crippen LogP contribution in [0.5, 0.6) is 0 Å². The Hall–Kier alpha value is -1.06. The Kier molecular flexibility index (Phi) is 5.20. The zero-order chi connectivity index (χ0) is 11.3. The number of hydrogen-bond acceptors (Lipinski definition) is 3. The lowest BCUT2D eigenvalue weighted by molar-refractivity contribution is -0.226. The van der Waals surface area contributed by atoms with Crippen molar-refractivity contribution in [2.24, 2.45) is 22.6 Å². The molecule has 0 fully saturated rings. The average Bonchev–Trinajstić information content (AvgIpc) is 1.97. The van der Waals surface area contributed by atoms with Gasteiger partial charge in [0.2, 0.25) is 5.91 Å². The van der Waals surface area contributed by atoms with Gasteiger partial charge in [0.25, 0.3) is 0 Å². The number of aliphatic imine (C=N–C) groups is 1. The minimum absolute atomic E-state index is 0.0309. The van der Waals surface area contributed by atoms with Gasteiger partial charge < -0.3 is 15.8 Å². The smallest absolute Gasteiger partial charge is 0.218 e. The van der Waals surface area contributed by atoms with Crippen molar-refractivity contribution in [3.8, 4) is 0 Å². The highest BCUT2D eigenvalue weighted by atomic mass is 16.3. The number of rotatable bonds is 5. The fraction of sp³-hybridized carbons (Fsp3) is 0.800. The standard InChI is InChI=1S/C10H20N2O2/c1-6(2)8(5-9(11)13)10(14)12-7(3)4/h6-8H,5H2,1-4H3,(H2,11,13)(H,12,14)/p-1. The molecule has 0 spiro atoms. The van der Waals surface area contributed by atoms with E-state index in [2.05, 4.69) is 4.99 Å². The van der Waals surface area contributed by atoms with E-state index >= 15 is 0 Å². The Morgan fingerprint density at radius 1 is 1.36 bits per heavy atom. The summed E-state index contributed by atoms with van der Waals surface area (Å²) in [5.41, 5.74) is 5.07. The van der Waals surface area contributed by atoms with Gasteiger partial charge in [-0.25, -0.2) is 0 Å². The van der Waals surface area contributed by atoms with Crippen molar-refractivity contribution in [2.45, 2.75) is 40.2 Å². The summed E-state index contributed by atoms with van der Waals surface area (Å²) in [4.78, 5) is 14.6. The van der Waals surface area contributed by atoms with Gasteiger partial charge in [0, 0.05) is 12.5 Å². The number of primary amides is 1. The van der Waals surface area contributed by atoms with Crippen LogP contribution in [0.1, 0.15) is 34.1 Å². The maximum Gasteiger partial charge on any atom is 0.218 e. The summed E-state index contributed by atoms with van der Waals surface area (Å²) in [6, 6.07) is -0.0309. The second kappa shape index (κ2) is 5.62. The number of nitrogens with zero attached hydrogens (tertiary/aromatic N) is 1. The van der Waals surface area contributed by atoms with Crippen molar-refractivity contribution in [3.05, 3.63) is 0 Å². The molecule has 0 aliphatic carbocycles. The summed E-state index contributed by atoms with van der Waals surface area (Å²) in [6.45, 7) is 7.45. The Morgan fingerprint density at radius 3 is 2.14 bits per heavy atom. The van der Waals surface area contributed by atoms with Crippen molar-refractivity contribution >= 4 is 11.8 Å². The first-order valence-electron chi connectivity index (χ1n) is 4.87. The van der Waals surface area contributed by atoms with E-state index < -0.39 is 5.91 Å². The molecule has 0 saturated carbocycles. The van der Waals surface area contributed by atoms with Crippen molar-refractivity contribution in [3.63, 3.8) is 0 Å². The number of carbonyl (C=O) groups is 1. The van der Waals surface area contributed by atoms with Crippen molar-refractivity contribution < 1.29 is 9.90 Å². The summed E-state index contributed by atoms with van der Waals surface area (Å²) in [7, 11) is 0. The molecule has 0 heterocycles. The molecule has 4 nitrogen and oxygen atoms in total. The molecule has 0 aliphatic rings. The van der Waals surface area contributed by atoms with Crippen LogP contribution in [0.15, 0.2) is 4.99 Å². The first-order chi connectivity index (χ1) is 6.34. The highest BCUT2D eigenvalue weighted by Crippen LogP contribution is 2.15. The van der Waals surface area contributed by atoms with Crippen LogP contribution < -0.4 is 10.8 Å². The maximum atomic E-state index is 11.6. The Balaban J connectivity index is 4.56. The van der Waals surface area contributed by atoms with Gasteiger partial charge in [-0.05, 0) is 31.6 Å². The second-order valence-corrected chi connectivity index (χ2v) is 4.08. The highest BCUT2D eigenvalue weighted by Gasteiger charge is 2.16. The van der Waals surface area contributed by atoms with Crippen molar-refractivity contribution in [1.29, 1.82) is 0 Å². The molecule has 0 radical (unpaired) electrons. The second-order valence-electron chi connectivity index (χ2n) is 4.08. The Labute approximate surface area is 85.2 Å². The highest BCUT2D eigenvalue weighted by molar-refractivity contribution is 5.83. The van der Waals surface area contributed by atoms with Crippen molar-refractivity contribution in [1.82, 2.24) is 0 Å². The molecule has 0 bridgehead atoms. The van der Waals surface area contributed by atoms with Gasteiger partial charge in [-0.3, -0.25) is 4.79 Å². The van der Waals surface area contributed by atoms with Crippen molar-refractivity contribution in [2.75, 3.05) is 0 Å². The summed E-state index contributed by atoms with van der Waals surface area (Å²) < 4.78 is 0. The molecule has 0 saturated heterocycles. The fourth-order valence-corrected chi connectivity index (χ4v) is 1.18. The molecule has 0 aromatic carbocycles. The topological polar surface area (TPSA) is 78.5 Å². The summed E-state index contributed by atoms with van der Waals surface area (Å²) >= 11 is 0. The molecule has 0 aliphatic heterocycles. The van der Waals surface area contributed by atoms with Gasteiger partial charge in [0.05, 0.1) is 0 Å². The van der Waals surface area contributed by atoms with E-state index in [1.54, 1.807) is 0 Å². The Morgan fingerprint density at radius 2 is 1.86 bits per heavy atom. The van der Waals surface area contributed by atoms with E-state index in [0.29, 0.717) is 0 Å². The number of nitrogens with two attached hydrogens (primary N) is 1. The first kappa shape index (κ1) is 12.9. The average molecular weight is 199 g/mol. The van der Waals surface area contributed by atoms with Gasteiger partial charge in [0.15, 0.2) is 0 Å². The van der Waals surface area contributed by atoms with Gasteiger partial charge >= 0.3 is 0 Å². The van der Waals surface area contributed by atoms with Gasteiger partial charge in [-0.2, -0.15) is 0 Å². The summed E-state index contributed by atoms with van der Waals surface area (Å²) in [5.74, 6) is -0.933. The van der Waals surface area contributed by atoms with Gasteiger partial charge in [-0.15, -0.1) is 0 Å². The predicted molar refractivity (Wildman–Crippen MR) is 54.7 cm³/mol. The van der Waals surface area contributed by atoms with Gasteiger partial charge in [-0.1, -0.05) is 13.8 Å². The van der Waals surface area contributed by atoms with E-state index in [4.69, 9.17) is 5.73 Å². The zero-order valence-electron chi connectivity index (χ0n) is 9.28. The van der Waals surface area contributed by atoms with E-state index in [1.165, 1.54) is 0 Å². The number of amides is 1. The molecule has 0 rings (SSSR count). The minimum atomic E-state index is -0.448. The van der Waals surface area contributed by atoms with Crippen LogP contribution in [0, 0.1) is 11.8 Å². The molecule has 1 atom stereocenters. The molecular weight excluding hydrogens is 180 g/mol. The van der Waals surface area contributed by atoms with Crippen LogP contribution in [-0.2, 0) is 4.79 Å². The predicted octanol–water partition coefficient (Wildman–Crippen LogP) is 0.301. The quantitative estimate of drug-likeness (QED) is 0.510. The van der Waals surface area contributed by atoms with Crippen LogP contribution in [0.4, 0.5) is 0 Å². The summed E-state index contributed by atoms with van der Waals surface area (Å²) in [5, 5.41) is 11.6. The van der Waals surface area contributed by atoms with Crippen LogP contribution in [0.2, 0.25) is 0 Å². The molecule has 82 valence electrons. The molecule has 1 unspecified atom stereocenters. The molecule has 4 heteroatoms. The van der Waals surface area contributed by atoms with E-state index in [-0.39, 0.29) is 30.2 Å². The largest absolute Gasteiger partial charge is 0.862 e. The van der Waals surface area contributed by atoms with Crippen LogP contribution in [-0.4, -0.2) is 17.8 Å². The monoisotopic (exact) mass is 199 g/mol. The summed E-state index contributed by atoms with van der Waals surface area (Å²) in [6.07, 6.45) is 0.0900. The Bertz CT molecular complexity index is 222. The molecule has 0 aromatic heterocycles. The van der Waals surface area contributed by atoms with E-state index in [1.807, 2.05) is 27.7 Å². The SMILES string of the molecule is CC(C)N=C([O-])C(CC(N)=O)C(C)C. The first-order valence-corrected chi connectivity index (χ1v) is 4.87. The third kappa shape index (κ3) is 4.84. The minimum Gasteiger partial charge on any atom is -0.862 e. The maximum absolute atomic E-state index is 11.6. The zero-order valence-corrected chi connectivity index (χ0v) is 9.28. The third-order valence-corrected chi connectivity index (χ3v) is 1.93. The lowest BCUT2D eigenvalue weighted by atomic mass is 9.92. The third-order valence-electron chi connectivity index (χ3n) is 1.93. The van der Waals surface area contributed by atoms with Crippen LogP contribution in [0.25, 0.3) is 0 Å². The number of carbonyl (C=O) groups excluding carboxylic acids is 1. The molecule has 2 N–H and O–H groups in total. The molecule has 14 heavy (non-hydrogen) atoms. The molecule has 0 aromatic rings. The van der Waals surface area contributed by atoms with Crippen LogP contribution >= 0.6 is 0 Å². The van der Waals surface area contributed by atoms with Crippen LogP contribution in [0.3, 0.4) is 0 Å². The van der Waals surface area contributed by atoms with E-state index in [0.717, 1.165) is 0 Å². The fourth-order valence-electron chi connectivity index (χ4n) is 1.18. The number of hydrogen-bond donors (Lipinski definition) is 1. The molecule has 1 amide bonds. The lowest BCUT2D eigenvalue weighted by Crippen LogP contribution is -2.35.